The van der Waals surface area contributed by atoms with Crippen LogP contribution in [0.3, 0.4) is 0 Å². The van der Waals surface area contributed by atoms with Gasteiger partial charge in [-0.2, -0.15) is 5.10 Å². The minimum Gasteiger partial charge on any atom is -0.464 e. The van der Waals surface area contributed by atoms with Crippen molar-refractivity contribution in [2.75, 3.05) is 0 Å². The zero-order valence-corrected chi connectivity index (χ0v) is 18.1. The molecule has 3 aromatic carbocycles. The van der Waals surface area contributed by atoms with E-state index >= 15 is 0 Å². The molecule has 0 radical (unpaired) electrons. The Bertz CT molecular complexity index is 1060. The average molecular weight is 447 g/mol. The molecule has 0 N–H and O–H groups in total. The number of hydrogen-bond acceptors (Lipinski definition) is 3. The van der Waals surface area contributed by atoms with E-state index in [1.54, 1.807) is 0 Å². The summed E-state index contributed by atoms with van der Waals surface area (Å²) in [6, 6.07) is 25.6. The number of fused-ring (bicyclic) bond motifs is 3. The van der Waals surface area contributed by atoms with Crippen molar-refractivity contribution < 1.29 is 4.74 Å². The van der Waals surface area contributed by atoms with Crippen molar-refractivity contribution in [3.05, 3.63) is 99.5 Å². The van der Waals surface area contributed by atoms with Gasteiger partial charge in [0.05, 0.1) is 11.8 Å². The zero-order chi connectivity index (χ0) is 20.0. The minimum atomic E-state index is -0.226. The van der Waals surface area contributed by atoms with Crippen molar-refractivity contribution in [3.8, 4) is 5.75 Å². The first-order valence-corrected chi connectivity index (χ1v) is 10.9. The molecule has 0 bridgehead atoms. The molecule has 2 aliphatic rings. The maximum atomic E-state index is 6.47. The summed E-state index contributed by atoms with van der Waals surface area (Å²) < 4.78 is 7.53. The SMILES string of the molecule is CC(C)c1ccc([C@@H]2Oc3ccc(Br)cc3[C@@H]3CC(c4ccccc4)=NN32)cc1. The van der Waals surface area contributed by atoms with Gasteiger partial charge in [-0.1, -0.05) is 84.4 Å². The van der Waals surface area contributed by atoms with E-state index in [2.05, 4.69) is 95.5 Å². The smallest absolute Gasteiger partial charge is 0.213 e. The summed E-state index contributed by atoms with van der Waals surface area (Å²) in [4.78, 5) is 0. The van der Waals surface area contributed by atoms with Gasteiger partial charge in [-0.15, -0.1) is 0 Å². The third-order valence-corrected chi connectivity index (χ3v) is 6.24. The third kappa shape index (κ3) is 3.36. The summed E-state index contributed by atoms with van der Waals surface area (Å²) >= 11 is 3.62. The van der Waals surface area contributed by atoms with E-state index in [0.717, 1.165) is 27.9 Å². The van der Waals surface area contributed by atoms with E-state index in [1.807, 2.05) is 12.1 Å². The molecule has 3 nitrogen and oxygen atoms in total. The number of rotatable bonds is 3. The molecule has 29 heavy (non-hydrogen) atoms. The van der Waals surface area contributed by atoms with E-state index in [-0.39, 0.29) is 12.3 Å². The van der Waals surface area contributed by atoms with Gasteiger partial charge in [-0.05, 0) is 35.2 Å². The summed E-state index contributed by atoms with van der Waals surface area (Å²) in [5.74, 6) is 1.45. The number of benzene rings is 3. The van der Waals surface area contributed by atoms with E-state index in [1.165, 1.54) is 16.7 Å². The normalized spacial score (nSPS) is 20.1. The lowest BCUT2D eigenvalue weighted by atomic mass is 9.95. The molecule has 0 saturated carbocycles. The molecular weight excluding hydrogens is 424 g/mol. The zero-order valence-electron chi connectivity index (χ0n) is 16.5. The standard InChI is InChI=1S/C25H23BrN2O/c1-16(2)17-8-10-19(11-9-17)25-28-23(21-14-20(26)12-13-24(21)29-25)15-22(27-28)18-6-4-3-5-7-18/h3-14,16,23,25H,15H2,1-2H3/t23-,25-/m0/s1. The fourth-order valence-electron chi connectivity index (χ4n) is 4.13. The topological polar surface area (TPSA) is 24.8 Å². The van der Waals surface area contributed by atoms with Crippen molar-refractivity contribution in [2.45, 2.75) is 38.5 Å². The van der Waals surface area contributed by atoms with Crippen molar-refractivity contribution in [1.82, 2.24) is 5.01 Å². The van der Waals surface area contributed by atoms with Crippen molar-refractivity contribution in [2.24, 2.45) is 5.10 Å². The first kappa shape index (κ1) is 18.4. The second-order valence-corrected chi connectivity index (χ2v) is 8.90. The molecule has 3 aromatic rings. The maximum absolute atomic E-state index is 6.47. The summed E-state index contributed by atoms with van der Waals surface area (Å²) in [6.07, 6.45) is 0.647. The van der Waals surface area contributed by atoms with E-state index in [4.69, 9.17) is 9.84 Å². The molecular formula is C25H23BrN2O. The Morgan fingerprint density at radius 2 is 1.76 bits per heavy atom. The summed E-state index contributed by atoms with van der Waals surface area (Å²) in [5, 5.41) is 7.17. The van der Waals surface area contributed by atoms with Crippen LogP contribution < -0.4 is 4.74 Å². The van der Waals surface area contributed by atoms with Gasteiger partial charge in [0.15, 0.2) is 0 Å². The molecule has 4 heteroatoms. The predicted molar refractivity (Wildman–Crippen MR) is 120 cm³/mol. The van der Waals surface area contributed by atoms with E-state index in [9.17, 15) is 0 Å². The van der Waals surface area contributed by atoms with Crippen LogP contribution in [-0.4, -0.2) is 10.7 Å². The van der Waals surface area contributed by atoms with Crippen LogP contribution in [0.1, 0.15) is 60.7 Å². The fraction of sp³-hybridized carbons (Fsp3) is 0.240. The van der Waals surface area contributed by atoms with Crippen LogP contribution >= 0.6 is 15.9 Å². The van der Waals surface area contributed by atoms with Gasteiger partial charge in [0, 0.05) is 22.0 Å². The molecule has 0 amide bonds. The van der Waals surface area contributed by atoms with Gasteiger partial charge in [0.1, 0.15) is 5.75 Å². The number of hydrazone groups is 1. The lowest BCUT2D eigenvalue weighted by Gasteiger charge is -2.38. The van der Waals surface area contributed by atoms with Gasteiger partial charge in [-0.25, -0.2) is 5.01 Å². The van der Waals surface area contributed by atoms with Gasteiger partial charge in [0.2, 0.25) is 6.23 Å². The van der Waals surface area contributed by atoms with Gasteiger partial charge < -0.3 is 4.74 Å². The second-order valence-electron chi connectivity index (χ2n) is 7.99. The van der Waals surface area contributed by atoms with E-state index < -0.39 is 0 Å². The highest BCUT2D eigenvalue weighted by molar-refractivity contribution is 9.10. The van der Waals surface area contributed by atoms with Gasteiger partial charge in [-0.3, -0.25) is 0 Å². The average Bonchev–Trinajstić information content (AvgIpc) is 3.20. The Hall–Kier alpha value is -2.59. The Labute approximate surface area is 180 Å². The molecule has 0 unspecified atom stereocenters. The van der Waals surface area contributed by atoms with Gasteiger partial charge in [0.25, 0.3) is 0 Å². The number of hydrogen-bond donors (Lipinski definition) is 0. The molecule has 2 atom stereocenters. The van der Waals surface area contributed by atoms with Crippen LogP contribution in [0.5, 0.6) is 5.75 Å². The Morgan fingerprint density at radius 1 is 1.00 bits per heavy atom. The van der Waals surface area contributed by atoms with Crippen LogP contribution in [0, 0.1) is 0 Å². The molecule has 0 aliphatic carbocycles. The highest BCUT2D eigenvalue weighted by atomic mass is 79.9. The molecule has 0 aromatic heterocycles. The predicted octanol–water partition coefficient (Wildman–Crippen LogP) is 6.81. The van der Waals surface area contributed by atoms with Crippen LogP contribution in [0.25, 0.3) is 0 Å². The molecule has 0 fully saturated rings. The monoisotopic (exact) mass is 446 g/mol. The Morgan fingerprint density at radius 3 is 2.48 bits per heavy atom. The largest absolute Gasteiger partial charge is 0.464 e. The quantitative estimate of drug-likeness (QED) is 0.440. The van der Waals surface area contributed by atoms with Crippen LogP contribution in [0.2, 0.25) is 0 Å². The van der Waals surface area contributed by atoms with Crippen LogP contribution in [0.4, 0.5) is 0 Å². The molecule has 2 heterocycles. The highest BCUT2D eigenvalue weighted by Crippen LogP contribution is 2.48. The lowest BCUT2D eigenvalue weighted by Crippen LogP contribution is -2.33. The third-order valence-electron chi connectivity index (χ3n) is 5.75. The number of ether oxygens (including phenoxy) is 1. The lowest BCUT2D eigenvalue weighted by molar-refractivity contribution is -0.0190. The maximum Gasteiger partial charge on any atom is 0.213 e. The Kier molecular flexibility index (Phi) is 4.67. The Balaban J connectivity index is 1.57. The first-order valence-electron chi connectivity index (χ1n) is 10.1. The second kappa shape index (κ2) is 7.34. The summed E-state index contributed by atoms with van der Waals surface area (Å²) in [7, 11) is 0. The first-order chi connectivity index (χ1) is 14.1. The van der Waals surface area contributed by atoms with Crippen molar-refractivity contribution in [1.29, 1.82) is 0 Å². The fourth-order valence-corrected chi connectivity index (χ4v) is 4.51. The van der Waals surface area contributed by atoms with E-state index in [0.29, 0.717) is 5.92 Å². The molecule has 146 valence electrons. The number of halogens is 1. The van der Waals surface area contributed by atoms with Crippen molar-refractivity contribution in [3.63, 3.8) is 0 Å². The molecule has 0 spiro atoms. The van der Waals surface area contributed by atoms with Gasteiger partial charge >= 0.3 is 0 Å². The summed E-state index contributed by atoms with van der Waals surface area (Å²) in [5.41, 5.74) is 5.93. The molecule has 2 aliphatic heterocycles. The number of nitrogens with zero attached hydrogens (tertiary/aromatic N) is 2. The molecule has 0 saturated heterocycles. The highest BCUT2D eigenvalue weighted by Gasteiger charge is 2.41. The van der Waals surface area contributed by atoms with Crippen molar-refractivity contribution >= 4 is 21.6 Å². The summed E-state index contributed by atoms with van der Waals surface area (Å²) in [6.45, 7) is 4.43. The van der Waals surface area contributed by atoms with Crippen LogP contribution in [0.15, 0.2) is 82.4 Å². The molecule has 5 rings (SSSR count). The minimum absolute atomic E-state index is 0.168. The van der Waals surface area contributed by atoms with Crippen LogP contribution in [-0.2, 0) is 0 Å².